The normalized spacial score (nSPS) is 12.6. The minimum absolute atomic E-state index is 0.299. The quantitative estimate of drug-likeness (QED) is 0.843. The molecule has 1 unspecified atom stereocenters. The first kappa shape index (κ1) is 14.7. The maximum atomic E-state index is 4.56. The molecule has 20 heavy (non-hydrogen) atoms. The predicted octanol–water partition coefficient (Wildman–Crippen LogP) is 2.80. The van der Waals surface area contributed by atoms with Gasteiger partial charge in [-0.1, -0.05) is 13.0 Å². The molecule has 2 aromatic rings. The summed E-state index contributed by atoms with van der Waals surface area (Å²) in [6.45, 7) is 5.33. The van der Waals surface area contributed by atoms with E-state index in [1.54, 1.807) is 0 Å². The van der Waals surface area contributed by atoms with E-state index in [9.17, 15) is 0 Å². The van der Waals surface area contributed by atoms with Crippen LogP contribution in [-0.2, 0) is 13.5 Å². The molecule has 1 atom stereocenters. The molecule has 0 fully saturated rings. The van der Waals surface area contributed by atoms with E-state index in [4.69, 9.17) is 0 Å². The van der Waals surface area contributed by atoms with E-state index in [2.05, 4.69) is 39.8 Å². The second-order valence-corrected chi connectivity index (χ2v) is 5.21. The summed E-state index contributed by atoms with van der Waals surface area (Å²) in [5.41, 5.74) is 2.41. The molecule has 108 valence electrons. The lowest BCUT2D eigenvalue weighted by molar-refractivity contribution is 0.479. The Bertz CT molecular complexity index is 533. The van der Waals surface area contributed by atoms with Crippen molar-refractivity contribution in [3.63, 3.8) is 0 Å². The maximum Gasteiger partial charge on any atom is 0.108 e. The van der Waals surface area contributed by atoms with Gasteiger partial charge in [0, 0.05) is 32.1 Å². The molecule has 2 heterocycles. The van der Waals surface area contributed by atoms with Crippen LogP contribution in [0.2, 0.25) is 0 Å². The third-order valence-electron chi connectivity index (χ3n) is 3.60. The molecule has 0 aliphatic carbocycles. The highest BCUT2D eigenvalue weighted by molar-refractivity contribution is 5.21. The topological polar surface area (TPSA) is 42.7 Å². The van der Waals surface area contributed by atoms with Crippen molar-refractivity contribution < 1.29 is 0 Å². The van der Waals surface area contributed by atoms with Crippen LogP contribution in [0.4, 0.5) is 0 Å². The van der Waals surface area contributed by atoms with Crippen LogP contribution in [0.15, 0.2) is 30.7 Å². The lowest BCUT2D eigenvalue weighted by atomic mass is 10.0. The van der Waals surface area contributed by atoms with E-state index in [-0.39, 0.29) is 0 Å². The van der Waals surface area contributed by atoms with Crippen LogP contribution < -0.4 is 5.32 Å². The largest absolute Gasteiger partial charge is 0.338 e. The van der Waals surface area contributed by atoms with E-state index >= 15 is 0 Å². The highest BCUT2D eigenvalue weighted by Gasteiger charge is 2.15. The van der Waals surface area contributed by atoms with Gasteiger partial charge in [-0.25, -0.2) is 4.98 Å². The van der Waals surface area contributed by atoms with E-state index in [1.807, 2.05) is 31.7 Å². The molecule has 0 aliphatic heterocycles. The Morgan fingerprint density at radius 3 is 2.80 bits per heavy atom. The number of aromatic nitrogens is 3. The van der Waals surface area contributed by atoms with Crippen LogP contribution in [0.5, 0.6) is 0 Å². The molecule has 0 bridgehead atoms. The Kier molecular flexibility index (Phi) is 5.30. The first-order valence-corrected chi connectivity index (χ1v) is 7.33. The van der Waals surface area contributed by atoms with Gasteiger partial charge >= 0.3 is 0 Å². The van der Waals surface area contributed by atoms with E-state index in [0.717, 1.165) is 37.3 Å². The summed E-state index contributed by atoms with van der Waals surface area (Å²) in [5, 5.41) is 3.61. The zero-order valence-electron chi connectivity index (χ0n) is 12.6. The number of nitrogens with zero attached hydrogens (tertiary/aromatic N) is 3. The fourth-order valence-corrected chi connectivity index (χ4v) is 2.43. The Morgan fingerprint density at radius 2 is 2.15 bits per heavy atom. The number of aryl methyl sites for hydroxylation is 3. The lowest BCUT2D eigenvalue weighted by Gasteiger charge is -2.19. The zero-order valence-corrected chi connectivity index (χ0v) is 12.6. The number of imidazole rings is 1. The predicted molar refractivity (Wildman–Crippen MR) is 81.5 cm³/mol. The molecule has 0 saturated carbocycles. The Morgan fingerprint density at radius 1 is 1.30 bits per heavy atom. The van der Waals surface area contributed by atoms with Gasteiger partial charge in [-0.05, 0) is 37.9 Å². The summed E-state index contributed by atoms with van der Waals surface area (Å²) in [4.78, 5) is 8.96. The van der Waals surface area contributed by atoms with Crippen molar-refractivity contribution >= 4 is 0 Å². The van der Waals surface area contributed by atoms with Crippen LogP contribution in [0.3, 0.4) is 0 Å². The summed E-state index contributed by atoms with van der Waals surface area (Å²) in [6.07, 6.45) is 8.84. The van der Waals surface area contributed by atoms with Crippen molar-refractivity contribution in [1.82, 2.24) is 19.9 Å². The average Bonchev–Trinajstić information content (AvgIpc) is 2.86. The van der Waals surface area contributed by atoms with Gasteiger partial charge in [-0.3, -0.25) is 4.98 Å². The van der Waals surface area contributed by atoms with E-state index in [1.165, 1.54) is 5.56 Å². The highest BCUT2D eigenvalue weighted by Crippen LogP contribution is 2.20. The van der Waals surface area contributed by atoms with Gasteiger partial charge in [0.05, 0.1) is 11.7 Å². The molecule has 0 saturated heterocycles. The average molecular weight is 272 g/mol. The van der Waals surface area contributed by atoms with Gasteiger partial charge in [-0.15, -0.1) is 0 Å². The summed E-state index contributed by atoms with van der Waals surface area (Å²) in [6, 6.07) is 4.42. The summed E-state index contributed by atoms with van der Waals surface area (Å²) in [5.74, 6) is 1.13. The Hall–Kier alpha value is -1.68. The van der Waals surface area contributed by atoms with Crippen molar-refractivity contribution in [3.8, 4) is 0 Å². The summed E-state index contributed by atoms with van der Waals surface area (Å²) >= 11 is 0. The molecule has 0 aromatic carbocycles. The fraction of sp³-hybridized carbons (Fsp3) is 0.500. The third kappa shape index (κ3) is 3.67. The molecule has 0 aliphatic rings. The standard InChI is InChI=1S/C16H24N4/c1-4-9-17-14(16-13(2)6-5-10-19-16)7-8-15-18-11-12-20(15)3/h5-6,10-12,14,17H,4,7-9H2,1-3H3. The number of nitrogens with one attached hydrogen (secondary N) is 1. The highest BCUT2D eigenvalue weighted by atomic mass is 15.0. The van der Waals surface area contributed by atoms with Crippen molar-refractivity contribution in [2.24, 2.45) is 7.05 Å². The summed E-state index contributed by atoms with van der Waals surface area (Å²) in [7, 11) is 2.04. The van der Waals surface area contributed by atoms with Gasteiger partial charge in [0.15, 0.2) is 0 Å². The first-order chi connectivity index (χ1) is 9.72. The van der Waals surface area contributed by atoms with Crippen LogP contribution in [0, 0.1) is 6.92 Å². The zero-order chi connectivity index (χ0) is 14.4. The molecule has 0 spiro atoms. The van der Waals surface area contributed by atoms with Crippen LogP contribution in [-0.4, -0.2) is 21.1 Å². The van der Waals surface area contributed by atoms with Gasteiger partial charge in [-0.2, -0.15) is 0 Å². The van der Waals surface area contributed by atoms with E-state index < -0.39 is 0 Å². The van der Waals surface area contributed by atoms with Gasteiger partial charge in [0.25, 0.3) is 0 Å². The van der Waals surface area contributed by atoms with Gasteiger partial charge < -0.3 is 9.88 Å². The molecule has 0 amide bonds. The number of pyridine rings is 1. The van der Waals surface area contributed by atoms with Crippen LogP contribution >= 0.6 is 0 Å². The number of hydrogen-bond donors (Lipinski definition) is 1. The molecule has 1 N–H and O–H groups in total. The summed E-state index contributed by atoms with van der Waals surface area (Å²) < 4.78 is 2.09. The second-order valence-electron chi connectivity index (χ2n) is 5.21. The number of rotatable bonds is 7. The Labute approximate surface area is 121 Å². The lowest BCUT2D eigenvalue weighted by Crippen LogP contribution is -2.24. The smallest absolute Gasteiger partial charge is 0.108 e. The second kappa shape index (κ2) is 7.20. The Balaban J connectivity index is 2.08. The van der Waals surface area contributed by atoms with Crippen molar-refractivity contribution in [3.05, 3.63) is 47.8 Å². The molecular weight excluding hydrogens is 248 g/mol. The SMILES string of the molecule is CCCNC(CCc1nccn1C)c1ncccc1C. The first-order valence-electron chi connectivity index (χ1n) is 7.33. The molecule has 4 heteroatoms. The molecule has 2 rings (SSSR count). The van der Waals surface area contributed by atoms with Crippen molar-refractivity contribution in [2.45, 2.75) is 39.2 Å². The molecule has 4 nitrogen and oxygen atoms in total. The minimum atomic E-state index is 0.299. The van der Waals surface area contributed by atoms with E-state index in [0.29, 0.717) is 6.04 Å². The maximum absolute atomic E-state index is 4.56. The third-order valence-corrected chi connectivity index (χ3v) is 3.60. The molecule has 2 aromatic heterocycles. The van der Waals surface area contributed by atoms with Crippen LogP contribution in [0.25, 0.3) is 0 Å². The molecule has 0 radical (unpaired) electrons. The van der Waals surface area contributed by atoms with Gasteiger partial charge in [0.2, 0.25) is 0 Å². The molecular formula is C16H24N4. The minimum Gasteiger partial charge on any atom is -0.338 e. The van der Waals surface area contributed by atoms with Gasteiger partial charge in [0.1, 0.15) is 5.82 Å². The number of hydrogen-bond acceptors (Lipinski definition) is 3. The van der Waals surface area contributed by atoms with Crippen molar-refractivity contribution in [2.75, 3.05) is 6.54 Å². The van der Waals surface area contributed by atoms with Crippen LogP contribution in [0.1, 0.15) is 42.9 Å². The van der Waals surface area contributed by atoms with Crippen molar-refractivity contribution in [1.29, 1.82) is 0 Å². The fourth-order valence-electron chi connectivity index (χ4n) is 2.43. The monoisotopic (exact) mass is 272 g/mol.